The van der Waals surface area contributed by atoms with Crippen molar-refractivity contribution in [3.05, 3.63) is 18.2 Å². The molecule has 0 heterocycles. The van der Waals surface area contributed by atoms with Crippen LogP contribution in [0.4, 0.5) is 5.69 Å². The van der Waals surface area contributed by atoms with Gasteiger partial charge in [-0.1, -0.05) is 0 Å². The molecule has 1 aromatic rings. The fourth-order valence-corrected chi connectivity index (χ4v) is 2.23. The number of ether oxygens (including phenoxy) is 2. The van der Waals surface area contributed by atoms with Crippen molar-refractivity contribution in [1.29, 1.82) is 0 Å². The highest BCUT2D eigenvalue weighted by Gasteiger charge is 2.56. The molecule has 6 heteroatoms. The fourth-order valence-electron chi connectivity index (χ4n) is 2.23. The van der Waals surface area contributed by atoms with E-state index in [4.69, 9.17) is 9.47 Å². The molecule has 0 aromatic heterocycles. The first-order valence-electron chi connectivity index (χ1n) is 7.27. The maximum atomic E-state index is 12.5. The van der Waals surface area contributed by atoms with Crippen molar-refractivity contribution in [2.45, 2.75) is 32.7 Å². The molecule has 22 heavy (non-hydrogen) atoms. The van der Waals surface area contributed by atoms with E-state index in [9.17, 15) is 9.59 Å². The molecular formula is C16H22N2O4. The minimum Gasteiger partial charge on any atom is -0.497 e. The van der Waals surface area contributed by atoms with E-state index >= 15 is 0 Å². The molecule has 1 saturated carbocycles. The van der Waals surface area contributed by atoms with Crippen molar-refractivity contribution in [3.63, 3.8) is 0 Å². The first kappa shape index (κ1) is 16.1. The Morgan fingerprint density at radius 1 is 1.14 bits per heavy atom. The van der Waals surface area contributed by atoms with Crippen molar-refractivity contribution in [2.75, 3.05) is 19.5 Å². The average Bonchev–Trinajstić information content (AvgIpc) is 3.28. The second kappa shape index (κ2) is 6.25. The number of benzene rings is 1. The molecule has 0 radical (unpaired) electrons. The van der Waals surface area contributed by atoms with Crippen LogP contribution in [-0.4, -0.2) is 32.1 Å². The minimum atomic E-state index is -0.949. The van der Waals surface area contributed by atoms with Crippen LogP contribution >= 0.6 is 0 Å². The minimum absolute atomic E-state index is 0.00768. The van der Waals surface area contributed by atoms with Gasteiger partial charge >= 0.3 is 0 Å². The summed E-state index contributed by atoms with van der Waals surface area (Å²) in [6.07, 6.45) is 1.13. The number of carbonyl (C=O) groups excluding carboxylic acids is 2. The van der Waals surface area contributed by atoms with Crippen LogP contribution in [0.15, 0.2) is 18.2 Å². The van der Waals surface area contributed by atoms with Crippen molar-refractivity contribution in [1.82, 2.24) is 5.32 Å². The summed E-state index contributed by atoms with van der Waals surface area (Å²) < 4.78 is 10.4. The van der Waals surface area contributed by atoms with Crippen molar-refractivity contribution in [2.24, 2.45) is 5.41 Å². The van der Waals surface area contributed by atoms with Crippen LogP contribution in [0.3, 0.4) is 0 Å². The van der Waals surface area contributed by atoms with Crippen LogP contribution in [-0.2, 0) is 9.59 Å². The monoisotopic (exact) mass is 306 g/mol. The number of hydrogen-bond donors (Lipinski definition) is 2. The van der Waals surface area contributed by atoms with Crippen LogP contribution in [0.5, 0.6) is 11.5 Å². The lowest BCUT2D eigenvalue weighted by molar-refractivity contribution is -0.134. The number of hydrogen-bond acceptors (Lipinski definition) is 4. The van der Waals surface area contributed by atoms with E-state index < -0.39 is 5.41 Å². The molecule has 1 aliphatic carbocycles. The molecule has 1 fully saturated rings. The molecule has 1 aromatic carbocycles. The largest absolute Gasteiger partial charge is 0.497 e. The van der Waals surface area contributed by atoms with E-state index in [1.54, 1.807) is 25.3 Å². The van der Waals surface area contributed by atoms with Gasteiger partial charge in [-0.25, -0.2) is 0 Å². The van der Waals surface area contributed by atoms with Crippen molar-refractivity contribution >= 4 is 17.5 Å². The number of amides is 2. The quantitative estimate of drug-likeness (QED) is 0.788. The van der Waals surface area contributed by atoms with Gasteiger partial charge in [-0.05, 0) is 38.8 Å². The Labute approximate surface area is 130 Å². The first-order chi connectivity index (χ1) is 10.4. The van der Waals surface area contributed by atoms with E-state index in [0.717, 1.165) is 0 Å². The Kier molecular flexibility index (Phi) is 4.59. The van der Waals surface area contributed by atoms with Gasteiger partial charge in [0.25, 0.3) is 0 Å². The smallest absolute Gasteiger partial charge is 0.240 e. The van der Waals surface area contributed by atoms with Crippen LogP contribution in [0.1, 0.15) is 26.7 Å². The predicted octanol–water partition coefficient (Wildman–Crippen LogP) is 1.95. The lowest BCUT2D eigenvalue weighted by Gasteiger charge is -2.18. The maximum absolute atomic E-state index is 12.5. The zero-order chi connectivity index (χ0) is 16.3. The highest BCUT2D eigenvalue weighted by molar-refractivity contribution is 6.13. The Morgan fingerprint density at radius 3 is 2.32 bits per heavy atom. The SMILES string of the molecule is COc1ccc(NC(=O)C2(C(=O)NC(C)C)CC2)c(OC)c1. The van der Waals surface area contributed by atoms with Crippen LogP contribution in [0.25, 0.3) is 0 Å². The van der Waals surface area contributed by atoms with Gasteiger partial charge in [0, 0.05) is 12.1 Å². The van der Waals surface area contributed by atoms with E-state index in [1.807, 2.05) is 13.8 Å². The van der Waals surface area contributed by atoms with Gasteiger partial charge in [-0.3, -0.25) is 9.59 Å². The van der Waals surface area contributed by atoms with Gasteiger partial charge in [-0.2, -0.15) is 0 Å². The Bertz CT molecular complexity index is 580. The summed E-state index contributed by atoms with van der Waals surface area (Å²) in [7, 11) is 3.07. The molecule has 1 aliphatic rings. The van der Waals surface area contributed by atoms with Gasteiger partial charge in [0.05, 0.1) is 19.9 Å². The third kappa shape index (κ3) is 3.16. The summed E-state index contributed by atoms with van der Waals surface area (Å²) in [5.41, 5.74) is -0.424. The number of carbonyl (C=O) groups is 2. The lowest BCUT2D eigenvalue weighted by Crippen LogP contribution is -2.42. The summed E-state index contributed by atoms with van der Waals surface area (Å²) in [5, 5.41) is 5.60. The number of nitrogens with one attached hydrogen (secondary N) is 2. The highest BCUT2D eigenvalue weighted by atomic mass is 16.5. The molecule has 0 bridgehead atoms. The molecule has 0 unspecified atom stereocenters. The topological polar surface area (TPSA) is 76.7 Å². The fraction of sp³-hybridized carbons (Fsp3) is 0.500. The normalized spacial score (nSPS) is 15.1. The zero-order valence-electron chi connectivity index (χ0n) is 13.4. The molecule has 120 valence electrons. The van der Waals surface area contributed by atoms with E-state index in [1.165, 1.54) is 7.11 Å². The molecule has 0 saturated heterocycles. The molecule has 2 amide bonds. The first-order valence-corrected chi connectivity index (χ1v) is 7.27. The Balaban J connectivity index is 2.14. The predicted molar refractivity (Wildman–Crippen MR) is 83.1 cm³/mol. The summed E-state index contributed by atoms with van der Waals surface area (Å²) in [6.45, 7) is 3.75. The van der Waals surface area contributed by atoms with Crippen molar-refractivity contribution < 1.29 is 19.1 Å². The second-order valence-electron chi connectivity index (χ2n) is 5.73. The third-order valence-electron chi connectivity index (χ3n) is 3.70. The molecule has 0 spiro atoms. The summed E-state index contributed by atoms with van der Waals surface area (Å²) in [6, 6.07) is 5.12. The number of methoxy groups -OCH3 is 2. The van der Waals surface area contributed by atoms with Gasteiger partial charge in [0.1, 0.15) is 16.9 Å². The average molecular weight is 306 g/mol. The Morgan fingerprint density at radius 2 is 1.82 bits per heavy atom. The molecule has 2 rings (SSSR count). The van der Waals surface area contributed by atoms with Gasteiger partial charge in [0.2, 0.25) is 11.8 Å². The van der Waals surface area contributed by atoms with E-state index in [2.05, 4.69) is 10.6 Å². The molecule has 2 N–H and O–H groups in total. The second-order valence-corrected chi connectivity index (χ2v) is 5.73. The molecule has 6 nitrogen and oxygen atoms in total. The summed E-state index contributed by atoms with van der Waals surface area (Å²) in [4.78, 5) is 24.7. The summed E-state index contributed by atoms with van der Waals surface area (Å²) in [5.74, 6) is 0.614. The van der Waals surface area contributed by atoms with Crippen LogP contribution < -0.4 is 20.1 Å². The van der Waals surface area contributed by atoms with Gasteiger partial charge < -0.3 is 20.1 Å². The highest BCUT2D eigenvalue weighted by Crippen LogP contribution is 2.47. The molecule has 0 atom stereocenters. The summed E-state index contributed by atoms with van der Waals surface area (Å²) >= 11 is 0. The standard InChI is InChI=1S/C16H22N2O4/c1-10(2)17-14(19)16(7-8-16)15(20)18-12-6-5-11(21-3)9-13(12)22-4/h5-6,9-10H,7-8H2,1-4H3,(H,17,19)(H,18,20). The van der Waals surface area contributed by atoms with E-state index in [-0.39, 0.29) is 17.9 Å². The van der Waals surface area contributed by atoms with Crippen LogP contribution in [0.2, 0.25) is 0 Å². The van der Waals surface area contributed by atoms with E-state index in [0.29, 0.717) is 30.0 Å². The third-order valence-corrected chi connectivity index (χ3v) is 3.70. The van der Waals surface area contributed by atoms with Crippen LogP contribution in [0, 0.1) is 5.41 Å². The van der Waals surface area contributed by atoms with Gasteiger partial charge in [0.15, 0.2) is 0 Å². The zero-order valence-corrected chi connectivity index (χ0v) is 13.4. The Hall–Kier alpha value is -2.24. The number of rotatable bonds is 6. The van der Waals surface area contributed by atoms with Gasteiger partial charge in [-0.15, -0.1) is 0 Å². The molecule has 0 aliphatic heterocycles. The lowest BCUT2D eigenvalue weighted by atomic mass is 10.0. The molecular weight excluding hydrogens is 284 g/mol. The maximum Gasteiger partial charge on any atom is 0.240 e. The van der Waals surface area contributed by atoms with Crippen molar-refractivity contribution in [3.8, 4) is 11.5 Å². The number of anilines is 1.